The first-order valence-electron chi connectivity index (χ1n) is 10.4. The van der Waals surface area contributed by atoms with Gasteiger partial charge in [0.25, 0.3) is 5.96 Å². The summed E-state index contributed by atoms with van der Waals surface area (Å²) in [6.07, 6.45) is 0.834. The van der Waals surface area contributed by atoms with Crippen LogP contribution < -0.4 is 21.4 Å². The first-order chi connectivity index (χ1) is 15.5. The summed E-state index contributed by atoms with van der Waals surface area (Å²) in [5.41, 5.74) is 2.41. The number of hydrogen-bond acceptors (Lipinski definition) is 7. The summed E-state index contributed by atoms with van der Waals surface area (Å²) in [6.45, 7) is 3.89. The van der Waals surface area contributed by atoms with Crippen molar-refractivity contribution in [2.24, 2.45) is 5.92 Å². The van der Waals surface area contributed by atoms with Gasteiger partial charge < -0.3 is 26.0 Å². The zero-order chi connectivity index (χ0) is 25.0. The molecule has 0 saturated heterocycles. The predicted octanol–water partition coefficient (Wildman–Crippen LogP) is 0.105. The minimum Gasteiger partial charge on any atom is -0.426 e. The predicted molar refractivity (Wildman–Crippen MR) is 126 cm³/mol. The number of hydrazine groups is 1. The largest absolute Gasteiger partial charge is 0.475 e. The molecule has 0 heterocycles. The third-order valence-electron chi connectivity index (χ3n) is 4.52. The van der Waals surface area contributed by atoms with Crippen LogP contribution >= 0.6 is 15.9 Å². The quantitative estimate of drug-likeness (QED) is 0.0468. The molecule has 2 atom stereocenters. The van der Waals surface area contributed by atoms with E-state index in [9.17, 15) is 29.8 Å². The maximum atomic E-state index is 12.8. The molecular weight excluding hydrogens is 499 g/mol. The number of benzene rings is 1. The topological polar surface area (TPSA) is 190 Å². The van der Waals surface area contributed by atoms with Crippen LogP contribution in [-0.2, 0) is 16.0 Å². The molecule has 0 unspecified atom stereocenters. The van der Waals surface area contributed by atoms with E-state index in [0.717, 1.165) is 10.0 Å². The van der Waals surface area contributed by atoms with Crippen LogP contribution in [0.15, 0.2) is 28.7 Å². The van der Waals surface area contributed by atoms with E-state index in [1.807, 2.05) is 13.8 Å². The SMILES string of the molecule is CC(C)C[C@H](NC(=O)[C@H](CCCNC(=N)N[N+](=O)[O-])NC(=O)Cc1ccc(Br)cc1)B(O)O. The molecule has 33 heavy (non-hydrogen) atoms. The van der Waals surface area contributed by atoms with Crippen molar-refractivity contribution in [1.29, 1.82) is 5.41 Å². The van der Waals surface area contributed by atoms with Gasteiger partial charge in [-0.15, -0.1) is 0 Å². The number of amides is 2. The molecule has 0 aliphatic heterocycles. The monoisotopic (exact) mass is 528 g/mol. The Hall–Kier alpha value is -2.71. The molecule has 1 aromatic carbocycles. The molecule has 14 heteroatoms. The summed E-state index contributed by atoms with van der Waals surface area (Å²) in [6, 6.07) is 6.17. The van der Waals surface area contributed by atoms with Crippen molar-refractivity contribution in [3.05, 3.63) is 44.4 Å². The van der Waals surface area contributed by atoms with Crippen LogP contribution in [0.3, 0.4) is 0 Å². The van der Waals surface area contributed by atoms with Crippen molar-refractivity contribution in [3.63, 3.8) is 0 Å². The Morgan fingerprint density at radius 3 is 2.39 bits per heavy atom. The van der Waals surface area contributed by atoms with E-state index < -0.39 is 41.9 Å². The summed E-state index contributed by atoms with van der Waals surface area (Å²) in [5.74, 6) is -2.28. The second-order valence-corrected chi connectivity index (χ2v) is 8.81. The van der Waals surface area contributed by atoms with Crippen LogP contribution in [-0.4, -0.2) is 58.5 Å². The van der Waals surface area contributed by atoms with Gasteiger partial charge in [0.05, 0.1) is 12.4 Å². The highest BCUT2D eigenvalue weighted by atomic mass is 79.9. The number of guanidine groups is 1. The van der Waals surface area contributed by atoms with E-state index >= 15 is 0 Å². The lowest BCUT2D eigenvalue weighted by Gasteiger charge is -2.24. The maximum absolute atomic E-state index is 12.8. The average molecular weight is 529 g/mol. The summed E-state index contributed by atoms with van der Waals surface area (Å²) >= 11 is 3.32. The first-order valence-corrected chi connectivity index (χ1v) is 11.2. The van der Waals surface area contributed by atoms with Gasteiger partial charge in [-0.3, -0.25) is 15.0 Å². The lowest BCUT2D eigenvalue weighted by atomic mass is 9.75. The van der Waals surface area contributed by atoms with Crippen molar-refractivity contribution in [1.82, 2.24) is 21.4 Å². The molecule has 1 rings (SSSR count). The number of nitro groups is 1. The highest BCUT2D eigenvalue weighted by Gasteiger charge is 2.29. The van der Waals surface area contributed by atoms with Gasteiger partial charge in [-0.1, -0.05) is 47.3 Å². The van der Waals surface area contributed by atoms with E-state index in [1.54, 1.807) is 29.7 Å². The fourth-order valence-electron chi connectivity index (χ4n) is 3.00. The molecule has 0 fully saturated rings. The number of nitrogens with one attached hydrogen (secondary N) is 5. The van der Waals surface area contributed by atoms with Gasteiger partial charge in [-0.2, -0.15) is 0 Å². The molecule has 2 amide bonds. The van der Waals surface area contributed by atoms with E-state index in [4.69, 9.17) is 5.41 Å². The highest BCUT2D eigenvalue weighted by molar-refractivity contribution is 9.10. The normalized spacial score (nSPS) is 12.4. The van der Waals surface area contributed by atoms with Crippen LogP contribution in [0.2, 0.25) is 0 Å². The Morgan fingerprint density at radius 1 is 1.21 bits per heavy atom. The molecule has 182 valence electrons. The lowest BCUT2D eigenvalue weighted by molar-refractivity contribution is -0.525. The number of carbonyl (C=O) groups is 2. The third-order valence-corrected chi connectivity index (χ3v) is 5.05. The van der Waals surface area contributed by atoms with E-state index in [1.165, 1.54) is 0 Å². The van der Waals surface area contributed by atoms with Crippen molar-refractivity contribution in [2.75, 3.05) is 6.54 Å². The van der Waals surface area contributed by atoms with Crippen molar-refractivity contribution < 1.29 is 24.7 Å². The summed E-state index contributed by atoms with van der Waals surface area (Å²) < 4.78 is 0.868. The smallest absolute Gasteiger partial charge is 0.426 e. The van der Waals surface area contributed by atoms with Gasteiger partial charge >= 0.3 is 7.12 Å². The summed E-state index contributed by atoms with van der Waals surface area (Å²) in [4.78, 5) is 35.7. The van der Waals surface area contributed by atoms with Gasteiger partial charge in [-0.25, -0.2) is 10.1 Å². The summed E-state index contributed by atoms with van der Waals surface area (Å²) in [7, 11) is -1.76. The zero-order valence-corrected chi connectivity index (χ0v) is 20.1. The first kappa shape index (κ1) is 28.3. The van der Waals surface area contributed by atoms with Crippen LogP contribution in [0.25, 0.3) is 0 Å². The molecule has 0 bridgehead atoms. The number of hydrogen-bond donors (Lipinski definition) is 7. The van der Waals surface area contributed by atoms with Gasteiger partial charge in [0.15, 0.2) is 5.03 Å². The molecule has 0 saturated carbocycles. The van der Waals surface area contributed by atoms with Crippen molar-refractivity contribution in [2.45, 2.75) is 51.5 Å². The minimum absolute atomic E-state index is 0.0464. The fraction of sp³-hybridized carbons (Fsp3) is 0.526. The van der Waals surface area contributed by atoms with Crippen LogP contribution in [0, 0.1) is 21.4 Å². The van der Waals surface area contributed by atoms with E-state index in [-0.39, 0.29) is 25.3 Å². The van der Waals surface area contributed by atoms with Crippen LogP contribution in [0.1, 0.15) is 38.7 Å². The molecule has 0 aromatic heterocycles. The summed E-state index contributed by atoms with van der Waals surface area (Å²) in [5, 5.41) is 43.8. The highest BCUT2D eigenvalue weighted by Crippen LogP contribution is 2.11. The van der Waals surface area contributed by atoms with Gasteiger partial charge in [0, 0.05) is 11.0 Å². The maximum Gasteiger partial charge on any atom is 0.475 e. The Bertz CT molecular complexity index is 810. The standard InChI is InChI=1S/C19H30BBrN6O6/c1-12(2)10-16(20(30)31)25-18(29)15(4-3-9-23-19(22)26-27(32)33)24-17(28)11-13-5-7-14(21)8-6-13/h5-8,12,15-16,30-31H,3-4,9-11H2,1-2H3,(H,24,28)(H,25,29)(H3,22,23,26)/t15-,16-/m0/s1. The van der Waals surface area contributed by atoms with Crippen LogP contribution in [0.5, 0.6) is 0 Å². The minimum atomic E-state index is -1.76. The number of rotatable bonds is 13. The Kier molecular flexibility index (Phi) is 12.4. The van der Waals surface area contributed by atoms with Gasteiger partial charge in [-0.05, 0) is 42.9 Å². The molecule has 0 radical (unpaired) electrons. The third kappa shape index (κ3) is 12.2. The van der Waals surface area contributed by atoms with Crippen LogP contribution in [0.4, 0.5) is 0 Å². The number of nitrogens with zero attached hydrogens (tertiary/aromatic N) is 1. The number of halogens is 1. The average Bonchev–Trinajstić information content (AvgIpc) is 2.70. The van der Waals surface area contributed by atoms with Crippen molar-refractivity contribution >= 4 is 40.8 Å². The molecule has 0 aliphatic carbocycles. The lowest BCUT2D eigenvalue weighted by Crippen LogP contribution is -2.54. The fourth-order valence-corrected chi connectivity index (χ4v) is 3.26. The molecule has 1 aromatic rings. The van der Waals surface area contributed by atoms with Crippen molar-refractivity contribution in [3.8, 4) is 0 Å². The van der Waals surface area contributed by atoms with E-state index in [2.05, 4.69) is 31.9 Å². The van der Waals surface area contributed by atoms with Gasteiger partial charge in [0.1, 0.15) is 6.04 Å². The van der Waals surface area contributed by atoms with Gasteiger partial charge in [0.2, 0.25) is 11.8 Å². The molecular formula is C19H30BBrN6O6. The Labute approximate surface area is 200 Å². The molecule has 0 spiro atoms. The second-order valence-electron chi connectivity index (χ2n) is 7.89. The molecule has 7 N–H and O–H groups in total. The molecule has 12 nitrogen and oxygen atoms in total. The number of carbonyl (C=O) groups excluding carboxylic acids is 2. The Balaban J connectivity index is 2.77. The second kappa shape index (κ2) is 14.4. The zero-order valence-electron chi connectivity index (χ0n) is 18.5. The van der Waals surface area contributed by atoms with E-state index in [0.29, 0.717) is 12.8 Å². The Morgan fingerprint density at radius 2 is 1.85 bits per heavy atom. The molecule has 0 aliphatic rings.